The second kappa shape index (κ2) is 5.64. The maximum absolute atomic E-state index is 12.3. The number of hydrogen-bond acceptors (Lipinski definition) is 3. The summed E-state index contributed by atoms with van der Waals surface area (Å²) in [6.45, 7) is 3.61. The molecule has 3 atom stereocenters. The molecule has 1 saturated carbocycles. The van der Waals surface area contributed by atoms with Gasteiger partial charge in [0.2, 0.25) is 5.91 Å². The fraction of sp³-hybridized carbons (Fsp3) is 0.643. The summed E-state index contributed by atoms with van der Waals surface area (Å²) in [7, 11) is 0. The number of amides is 1. The molecule has 1 aliphatic rings. The summed E-state index contributed by atoms with van der Waals surface area (Å²) in [5.41, 5.74) is -1.14. The second-order valence-electron chi connectivity index (χ2n) is 5.57. The van der Waals surface area contributed by atoms with Crippen LogP contribution < -0.4 is 5.32 Å². The third-order valence-electron chi connectivity index (χ3n) is 4.33. The van der Waals surface area contributed by atoms with Crippen LogP contribution in [0.3, 0.4) is 0 Å². The number of carbonyl (C=O) groups excluding carboxylic acids is 1. The van der Waals surface area contributed by atoms with Gasteiger partial charge in [0.15, 0.2) is 0 Å². The van der Waals surface area contributed by atoms with E-state index in [0.717, 1.165) is 19.3 Å². The molecule has 20 heavy (non-hydrogen) atoms. The van der Waals surface area contributed by atoms with E-state index in [1.807, 2.05) is 6.92 Å². The largest absolute Gasteiger partial charge is 0.479 e. The maximum Gasteiger partial charge on any atom is 0.329 e. The Morgan fingerprint density at radius 1 is 1.50 bits per heavy atom. The van der Waals surface area contributed by atoms with Gasteiger partial charge in [0.25, 0.3) is 0 Å². The fourth-order valence-electron chi connectivity index (χ4n) is 2.86. The van der Waals surface area contributed by atoms with Crippen LogP contribution in [0.1, 0.15) is 45.6 Å². The van der Waals surface area contributed by atoms with Gasteiger partial charge in [-0.2, -0.15) is 5.10 Å². The van der Waals surface area contributed by atoms with Crippen molar-refractivity contribution in [2.45, 2.75) is 51.1 Å². The number of aromatic nitrogens is 2. The zero-order chi connectivity index (χ0) is 14.8. The van der Waals surface area contributed by atoms with E-state index in [1.54, 1.807) is 25.4 Å². The van der Waals surface area contributed by atoms with Crippen LogP contribution in [0.4, 0.5) is 0 Å². The van der Waals surface area contributed by atoms with Crippen molar-refractivity contribution < 1.29 is 14.7 Å². The number of hydrogen-bond donors (Lipinski definition) is 2. The predicted octanol–water partition coefficient (Wildman–Crippen LogP) is 1.59. The molecule has 0 bridgehead atoms. The molecule has 1 heterocycles. The molecule has 0 radical (unpaired) electrons. The van der Waals surface area contributed by atoms with Crippen LogP contribution >= 0.6 is 0 Å². The van der Waals surface area contributed by atoms with E-state index >= 15 is 0 Å². The Kier molecular flexibility index (Phi) is 4.11. The zero-order valence-corrected chi connectivity index (χ0v) is 11.9. The van der Waals surface area contributed by atoms with Gasteiger partial charge in [0.1, 0.15) is 11.6 Å². The Morgan fingerprint density at radius 2 is 2.25 bits per heavy atom. The lowest BCUT2D eigenvalue weighted by molar-refractivity contribution is -0.152. The van der Waals surface area contributed by atoms with Gasteiger partial charge in [-0.15, -0.1) is 0 Å². The first-order valence-corrected chi connectivity index (χ1v) is 7.02. The SMILES string of the molecule is CC(C(=O)NC1(C(=O)O)CCCCC1C)n1cccn1. The lowest BCUT2D eigenvalue weighted by Crippen LogP contribution is -2.60. The van der Waals surface area contributed by atoms with Crippen molar-refractivity contribution in [3.63, 3.8) is 0 Å². The molecule has 1 aromatic heterocycles. The van der Waals surface area contributed by atoms with Gasteiger partial charge in [-0.1, -0.05) is 19.8 Å². The molecule has 2 rings (SSSR count). The summed E-state index contributed by atoms with van der Waals surface area (Å²) in [5.74, 6) is -1.31. The van der Waals surface area contributed by atoms with Crippen molar-refractivity contribution in [1.29, 1.82) is 0 Å². The van der Waals surface area contributed by atoms with Crippen LogP contribution in [0.15, 0.2) is 18.5 Å². The number of carboxylic acids is 1. The van der Waals surface area contributed by atoms with Gasteiger partial charge in [0.05, 0.1) is 0 Å². The van der Waals surface area contributed by atoms with Crippen molar-refractivity contribution in [1.82, 2.24) is 15.1 Å². The van der Waals surface area contributed by atoms with Crippen LogP contribution in [0, 0.1) is 5.92 Å². The lowest BCUT2D eigenvalue weighted by atomic mass is 9.73. The Labute approximate surface area is 118 Å². The first-order chi connectivity index (χ1) is 9.47. The summed E-state index contributed by atoms with van der Waals surface area (Å²) in [5, 5.41) is 16.4. The molecule has 1 aromatic rings. The Hall–Kier alpha value is -1.85. The Balaban J connectivity index is 2.16. The normalized spacial score (nSPS) is 27.8. The number of aliphatic carboxylic acids is 1. The minimum Gasteiger partial charge on any atom is -0.479 e. The van der Waals surface area contributed by atoms with E-state index < -0.39 is 17.6 Å². The van der Waals surface area contributed by atoms with Crippen molar-refractivity contribution in [3.8, 4) is 0 Å². The summed E-state index contributed by atoms with van der Waals surface area (Å²) in [6, 6.07) is 1.22. The minimum absolute atomic E-state index is 0.0671. The van der Waals surface area contributed by atoms with Crippen LogP contribution in [-0.2, 0) is 9.59 Å². The molecule has 1 amide bonds. The number of carboxylic acid groups (broad SMARTS) is 1. The molecule has 0 aliphatic heterocycles. The smallest absolute Gasteiger partial charge is 0.329 e. The molecule has 6 heteroatoms. The quantitative estimate of drug-likeness (QED) is 0.876. The number of carbonyl (C=O) groups is 2. The highest BCUT2D eigenvalue weighted by Crippen LogP contribution is 2.34. The van der Waals surface area contributed by atoms with Crippen molar-refractivity contribution >= 4 is 11.9 Å². The van der Waals surface area contributed by atoms with Crippen LogP contribution in [-0.4, -0.2) is 32.3 Å². The summed E-state index contributed by atoms with van der Waals surface area (Å²) >= 11 is 0. The van der Waals surface area contributed by atoms with Gasteiger partial charge in [-0.05, 0) is 31.7 Å². The molecule has 0 spiro atoms. The first kappa shape index (κ1) is 14.6. The third kappa shape index (κ3) is 2.55. The fourth-order valence-corrected chi connectivity index (χ4v) is 2.86. The zero-order valence-electron chi connectivity index (χ0n) is 11.9. The third-order valence-corrected chi connectivity index (χ3v) is 4.33. The van der Waals surface area contributed by atoms with Crippen LogP contribution in [0.5, 0.6) is 0 Å². The summed E-state index contributed by atoms with van der Waals surface area (Å²) in [6.07, 6.45) is 6.44. The summed E-state index contributed by atoms with van der Waals surface area (Å²) in [4.78, 5) is 24.0. The van der Waals surface area contributed by atoms with E-state index in [-0.39, 0.29) is 11.8 Å². The van der Waals surface area contributed by atoms with E-state index in [2.05, 4.69) is 10.4 Å². The van der Waals surface area contributed by atoms with Crippen LogP contribution in [0.25, 0.3) is 0 Å². The van der Waals surface area contributed by atoms with Crippen molar-refractivity contribution in [2.75, 3.05) is 0 Å². The molecule has 6 nitrogen and oxygen atoms in total. The highest BCUT2D eigenvalue weighted by atomic mass is 16.4. The lowest BCUT2D eigenvalue weighted by Gasteiger charge is -2.40. The second-order valence-corrected chi connectivity index (χ2v) is 5.57. The highest BCUT2D eigenvalue weighted by molar-refractivity contribution is 5.89. The van der Waals surface area contributed by atoms with Gasteiger partial charge in [-0.3, -0.25) is 9.48 Å². The van der Waals surface area contributed by atoms with Gasteiger partial charge >= 0.3 is 5.97 Å². The predicted molar refractivity (Wildman–Crippen MR) is 73.1 cm³/mol. The number of rotatable bonds is 4. The molecule has 1 fully saturated rings. The van der Waals surface area contributed by atoms with Crippen LogP contribution in [0.2, 0.25) is 0 Å². The topological polar surface area (TPSA) is 84.2 Å². The highest BCUT2D eigenvalue weighted by Gasteiger charge is 2.46. The van der Waals surface area contributed by atoms with E-state index in [9.17, 15) is 14.7 Å². The molecule has 0 saturated heterocycles. The molecule has 110 valence electrons. The summed E-state index contributed by atoms with van der Waals surface area (Å²) < 4.78 is 1.53. The van der Waals surface area contributed by atoms with E-state index in [4.69, 9.17) is 0 Å². The standard InChI is InChI=1S/C14H21N3O3/c1-10-6-3-4-7-14(10,13(19)20)16-12(18)11(2)17-9-5-8-15-17/h5,8-11H,3-4,6-7H2,1-2H3,(H,16,18)(H,19,20). The molecule has 2 N–H and O–H groups in total. The molecular formula is C14H21N3O3. The van der Waals surface area contributed by atoms with E-state index in [0.29, 0.717) is 6.42 Å². The molecular weight excluding hydrogens is 258 g/mol. The monoisotopic (exact) mass is 279 g/mol. The average Bonchev–Trinajstić information content (AvgIpc) is 2.94. The average molecular weight is 279 g/mol. The van der Waals surface area contributed by atoms with Gasteiger partial charge in [0, 0.05) is 12.4 Å². The van der Waals surface area contributed by atoms with Crippen molar-refractivity contribution in [3.05, 3.63) is 18.5 Å². The van der Waals surface area contributed by atoms with Gasteiger partial charge in [-0.25, -0.2) is 4.79 Å². The maximum atomic E-state index is 12.3. The van der Waals surface area contributed by atoms with Crippen molar-refractivity contribution in [2.24, 2.45) is 5.92 Å². The van der Waals surface area contributed by atoms with Gasteiger partial charge < -0.3 is 10.4 Å². The number of nitrogens with zero attached hydrogens (tertiary/aromatic N) is 2. The molecule has 1 aliphatic carbocycles. The van der Waals surface area contributed by atoms with E-state index in [1.165, 1.54) is 4.68 Å². The Morgan fingerprint density at radius 3 is 2.80 bits per heavy atom. The first-order valence-electron chi connectivity index (χ1n) is 7.02. The minimum atomic E-state index is -1.14. The molecule has 0 aromatic carbocycles. The Bertz CT molecular complexity index is 486. The molecule has 3 unspecified atom stereocenters. The number of nitrogens with one attached hydrogen (secondary N) is 1.